The van der Waals surface area contributed by atoms with Crippen LogP contribution in [-0.4, -0.2) is 23.1 Å². The van der Waals surface area contributed by atoms with E-state index < -0.39 is 0 Å². The van der Waals surface area contributed by atoms with Crippen molar-refractivity contribution in [2.45, 2.75) is 12.8 Å². The number of hydrogen-bond donors (Lipinski definition) is 0. The third-order valence-electron chi connectivity index (χ3n) is 3.00. The molecule has 16 heavy (non-hydrogen) atoms. The van der Waals surface area contributed by atoms with Crippen molar-refractivity contribution in [3.8, 4) is 0 Å². The number of nitrogens with zero attached hydrogens (tertiary/aromatic N) is 3. The molecule has 0 aliphatic carbocycles. The second kappa shape index (κ2) is 3.70. The molecule has 0 spiro atoms. The first-order valence-corrected chi connectivity index (χ1v) is 5.50. The van der Waals surface area contributed by atoms with Gasteiger partial charge in [0.25, 0.3) is 0 Å². The van der Waals surface area contributed by atoms with Gasteiger partial charge in [-0.05, 0) is 25.0 Å². The summed E-state index contributed by atoms with van der Waals surface area (Å²) in [6.07, 6.45) is 3.81. The number of fused-ring (bicyclic) bond motifs is 1. The first-order valence-electron chi connectivity index (χ1n) is 5.50. The average molecular weight is 217 g/mol. The zero-order valence-electron chi connectivity index (χ0n) is 8.86. The summed E-state index contributed by atoms with van der Waals surface area (Å²) in [6.45, 7) is 2.01. The van der Waals surface area contributed by atoms with Gasteiger partial charge < -0.3 is 4.90 Å². The Bertz CT molecular complexity index is 521. The average Bonchev–Trinajstić information content (AvgIpc) is 2.82. The van der Waals surface area contributed by atoms with Crippen LogP contribution in [0, 0.1) is 5.82 Å². The highest BCUT2D eigenvalue weighted by Gasteiger charge is 2.17. The third kappa shape index (κ3) is 1.41. The van der Waals surface area contributed by atoms with E-state index in [0.29, 0.717) is 5.52 Å². The van der Waals surface area contributed by atoms with Crippen molar-refractivity contribution in [3.63, 3.8) is 0 Å². The largest absolute Gasteiger partial charge is 0.356 e. The van der Waals surface area contributed by atoms with E-state index in [1.807, 2.05) is 6.07 Å². The van der Waals surface area contributed by atoms with E-state index in [4.69, 9.17) is 0 Å². The van der Waals surface area contributed by atoms with Crippen LogP contribution in [0.3, 0.4) is 0 Å². The smallest absolute Gasteiger partial charge is 0.149 e. The van der Waals surface area contributed by atoms with Crippen molar-refractivity contribution in [3.05, 3.63) is 30.3 Å². The monoisotopic (exact) mass is 217 g/mol. The summed E-state index contributed by atoms with van der Waals surface area (Å²) in [6, 6.07) is 5.02. The van der Waals surface area contributed by atoms with Crippen molar-refractivity contribution in [1.29, 1.82) is 0 Å². The Labute approximate surface area is 92.9 Å². The number of aromatic nitrogens is 2. The fourth-order valence-corrected chi connectivity index (χ4v) is 2.22. The van der Waals surface area contributed by atoms with Crippen molar-refractivity contribution < 1.29 is 4.39 Å². The maximum absolute atomic E-state index is 13.5. The van der Waals surface area contributed by atoms with Crippen molar-refractivity contribution in [1.82, 2.24) is 9.97 Å². The van der Waals surface area contributed by atoms with Crippen LogP contribution in [0.1, 0.15) is 12.8 Å². The van der Waals surface area contributed by atoms with Crippen molar-refractivity contribution >= 4 is 16.7 Å². The maximum Gasteiger partial charge on any atom is 0.149 e. The molecule has 0 unspecified atom stereocenters. The number of para-hydroxylation sites is 1. The third-order valence-corrected chi connectivity index (χ3v) is 3.00. The molecule has 0 saturated carbocycles. The molecule has 0 N–H and O–H groups in total. The summed E-state index contributed by atoms with van der Waals surface area (Å²) in [7, 11) is 0. The van der Waals surface area contributed by atoms with Crippen LogP contribution in [0.2, 0.25) is 0 Å². The van der Waals surface area contributed by atoms with Gasteiger partial charge in [0, 0.05) is 18.5 Å². The normalized spacial score (nSPS) is 15.9. The number of benzene rings is 1. The quantitative estimate of drug-likeness (QED) is 0.734. The minimum atomic E-state index is -0.277. The van der Waals surface area contributed by atoms with Gasteiger partial charge in [-0.25, -0.2) is 14.4 Å². The molecule has 2 heterocycles. The highest BCUT2D eigenvalue weighted by atomic mass is 19.1. The standard InChI is InChI=1S/C12H12FN3/c13-10-5-3-4-9-11(10)14-8-15-12(9)16-6-1-2-7-16/h3-5,8H,1-2,6-7H2. The Morgan fingerprint density at radius 3 is 2.75 bits per heavy atom. The van der Waals surface area contributed by atoms with E-state index in [-0.39, 0.29) is 5.82 Å². The lowest BCUT2D eigenvalue weighted by atomic mass is 10.2. The van der Waals surface area contributed by atoms with Crippen LogP contribution >= 0.6 is 0 Å². The zero-order valence-corrected chi connectivity index (χ0v) is 8.86. The first kappa shape index (κ1) is 9.51. The molecule has 4 heteroatoms. The first-order chi connectivity index (χ1) is 7.86. The molecule has 1 aliphatic heterocycles. The number of rotatable bonds is 1. The summed E-state index contributed by atoms with van der Waals surface area (Å²) >= 11 is 0. The second-order valence-electron chi connectivity index (χ2n) is 4.03. The van der Waals surface area contributed by atoms with Gasteiger partial charge in [-0.3, -0.25) is 0 Å². The van der Waals surface area contributed by atoms with Gasteiger partial charge in [-0.15, -0.1) is 0 Å². The van der Waals surface area contributed by atoms with E-state index in [1.54, 1.807) is 6.07 Å². The van der Waals surface area contributed by atoms with E-state index in [0.717, 1.165) is 24.3 Å². The molecular weight excluding hydrogens is 205 g/mol. The van der Waals surface area contributed by atoms with Crippen LogP contribution < -0.4 is 4.90 Å². The van der Waals surface area contributed by atoms with Gasteiger partial charge in [0.05, 0.1) is 0 Å². The minimum absolute atomic E-state index is 0.277. The Balaban J connectivity index is 2.20. The summed E-state index contributed by atoms with van der Waals surface area (Å²) in [4.78, 5) is 10.5. The Kier molecular flexibility index (Phi) is 2.20. The summed E-state index contributed by atoms with van der Waals surface area (Å²) in [5, 5.41) is 0.810. The fourth-order valence-electron chi connectivity index (χ4n) is 2.22. The van der Waals surface area contributed by atoms with E-state index in [1.165, 1.54) is 25.2 Å². The van der Waals surface area contributed by atoms with Gasteiger partial charge in [-0.2, -0.15) is 0 Å². The minimum Gasteiger partial charge on any atom is -0.356 e. The highest BCUT2D eigenvalue weighted by molar-refractivity contribution is 5.89. The molecule has 1 aromatic heterocycles. The summed E-state index contributed by atoms with van der Waals surface area (Å²) in [5.74, 6) is 0.586. The molecule has 0 radical (unpaired) electrons. The second-order valence-corrected chi connectivity index (χ2v) is 4.03. The zero-order chi connectivity index (χ0) is 11.0. The molecule has 0 amide bonds. The van der Waals surface area contributed by atoms with Crippen LogP contribution in [-0.2, 0) is 0 Å². The highest BCUT2D eigenvalue weighted by Crippen LogP contribution is 2.26. The molecule has 3 nitrogen and oxygen atoms in total. The molecule has 0 atom stereocenters. The van der Waals surface area contributed by atoms with E-state index in [2.05, 4.69) is 14.9 Å². The molecule has 1 saturated heterocycles. The molecular formula is C12H12FN3. The SMILES string of the molecule is Fc1cccc2c(N3CCCC3)ncnc12. The Morgan fingerprint density at radius 1 is 1.12 bits per heavy atom. The summed E-state index contributed by atoms with van der Waals surface area (Å²) in [5.41, 5.74) is 0.416. The molecule has 1 aromatic carbocycles. The fraction of sp³-hybridized carbons (Fsp3) is 0.333. The molecule has 3 rings (SSSR count). The molecule has 2 aromatic rings. The molecule has 0 bridgehead atoms. The van der Waals surface area contributed by atoms with Crippen LogP contribution in [0.4, 0.5) is 10.2 Å². The van der Waals surface area contributed by atoms with Crippen molar-refractivity contribution in [2.24, 2.45) is 0 Å². The van der Waals surface area contributed by atoms with Crippen LogP contribution in [0.5, 0.6) is 0 Å². The number of halogens is 1. The van der Waals surface area contributed by atoms with Gasteiger partial charge in [0.2, 0.25) is 0 Å². The molecule has 1 aliphatic rings. The predicted octanol–water partition coefficient (Wildman–Crippen LogP) is 2.37. The number of anilines is 1. The lowest BCUT2D eigenvalue weighted by molar-refractivity contribution is 0.636. The number of hydrogen-bond acceptors (Lipinski definition) is 3. The van der Waals surface area contributed by atoms with E-state index in [9.17, 15) is 4.39 Å². The lowest BCUT2D eigenvalue weighted by Crippen LogP contribution is -2.19. The lowest BCUT2D eigenvalue weighted by Gasteiger charge is -2.17. The van der Waals surface area contributed by atoms with Crippen LogP contribution in [0.15, 0.2) is 24.5 Å². The Morgan fingerprint density at radius 2 is 1.94 bits per heavy atom. The maximum atomic E-state index is 13.5. The van der Waals surface area contributed by atoms with E-state index >= 15 is 0 Å². The van der Waals surface area contributed by atoms with Gasteiger partial charge in [0.15, 0.2) is 0 Å². The van der Waals surface area contributed by atoms with Gasteiger partial charge in [-0.1, -0.05) is 6.07 Å². The van der Waals surface area contributed by atoms with Gasteiger partial charge in [0.1, 0.15) is 23.5 Å². The van der Waals surface area contributed by atoms with Gasteiger partial charge >= 0.3 is 0 Å². The molecule has 82 valence electrons. The van der Waals surface area contributed by atoms with Crippen LogP contribution in [0.25, 0.3) is 10.9 Å². The molecule has 1 fully saturated rings. The Hall–Kier alpha value is -1.71. The topological polar surface area (TPSA) is 29.0 Å². The summed E-state index contributed by atoms with van der Waals surface area (Å²) < 4.78 is 13.5. The van der Waals surface area contributed by atoms with Crippen molar-refractivity contribution in [2.75, 3.05) is 18.0 Å². The predicted molar refractivity (Wildman–Crippen MR) is 60.9 cm³/mol.